The van der Waals surface area contributed by atoms with E-state index < -0.39 is 5.82 Å². The van der Waals surface area contributed by atoms with Crippen LogP contribution in [-0.4, -0.2) is 20.1 Å². The Labute approximate surface area is 107 Å². The third-order valence-corrected chi connectivity index (χ3v) is 2.44. The third-order valence-electron chi connectivity index (χ3n) is 2.44. The van der Waals surface area contributed by atoms with Crippen LogP contribution in [-0.2, 0) is 0 Å². The zero-order valence-electron chi connectivity index (χ0n) is 9.62. The summed E-state index contributed by atoms with van der Waals surface area (Å²) in [5.41, 5.74) is 6.45. The minimum atomic E-state index is -0.519. The number of nitrogens with zero attached hydrogens (tertiary/aromatic N) is 4. The second-order valence-corrected chi connectivity index (χ2v) is 3.75. The van der Waals surface area contributed by atoms with Gasteiger partial charge < -0.3 is 10.3 Å². The maximum Gasteiger partial charge on any atom is 0.261 e. The van der Waals surface area contributed by atoms with Gasteiger partial charge in [0.1, 0.15) is 11.5 Å². The smallest absolute Gasteiger partial charge is 0.261 e. The molecule has 3 rings (SSSR count). The molecule has 94 valence electrons. The number of aromatic nitrogens is 4. The van der Waals surface area contributed by atoms with E-state index in [9.17, 15) is 4.39 Å². The van der Waals surface area contributed by atoms with Crippen molar-refractivity contribution in [3.63, 3.8) is 0 Å². The van der Waals surface area contributed by atoms with Crippen LogP contribution in [0.5, 0.6) is 0 Å². The highest BCUT2D eigenvalue weighted by Crippen LogP contribution is 2.24. The average molecular weight is 257 g/mol. The first-order valence-corrected chi connectivity index (χ1v) is 5.39. The highest BCUT2D eigenvalue weighted by molar-refractivity contribution is 5.60. The summed E-state index contributed by atoms with van der Waals surface area (Å²) in [5, 5.41) is 3.74. The highest BCUT2D eigenvalue weighted by atomic mass is 19.1. The molecule has 0 saturated heterocycles. The van der Waals surface area contributed by atoms with Gasteiger partial charge in [-0.3, -0.25) is 4.98 Å². The zero-order valence-corrected chi connectivity index (χ0v) is 9.62. The van der Waals surface area contributed by atoms with Gasteiger partial charge in [-0.1, -0.05) is 5.16 Å². The molecule has 0 bridgehead atoms. The molecule has 0 amide bonds. The molecule has 7 heteroatoms. The fourth-order valence-corrected chi connectivity index (χ4v) is 1.56. The van der Waals surface area contributed by atoms with Crippen molar-refractivity contribution in [3.05, 3.63) is 42.6 Å². The van der Waals surface area contributed by atoms with Crippen molar-refractivity contribution in [2.24, 2.45) is 0 Å². The number of hydrogen-bond donors (Lipinski definition) is 1. The normalized spacial score (nSPS) is 10.6. The lowest BCUT2D eigenvalue weighted by Gasteiger charge is -1.97. The van der Waals surface area contributed by atoms with Crippen molar-refractivity contribution < 1.29 is 8.91 Å². The van der Waals surface area contributed by atoms with Gasteiger partial charge in [0.05, 0.1) is 11.8 Å². The van der Waals surface area contributed by atoms with Gasteiger partial charge in [0.25, 0.3) is 5.89 Å². The van der Waals surface area contributed by atoms with Crippen molar-refractivity contribution in [1.82, 2.24) is 20.1 Å². The van der Waals surface area contributed by atoms with Crippen molar-refractivity contribution in [2.45, 2.75) is 0 Å². The van der Waals surface area contributed by atoms with Crippen molar-refractivity contribution in [3.8, 4) is 23.0 Å². The van der Waals surface area contributed by atoms with Crippen LogP contribution in [0.2, 0.25) is 0 Å². The summed E-state index contributed by atoms with van der Waals surface area (Å²) in [6.07, 6.45) is 4.53. The molecule has 0 atom stereocenters. The molecule has 19 heavy (non-hydrogen) atoms. The zero-order chi connectivity index (χ0) is 13.2. The third kappa shape index (κ3) is 2.13. The Kier molecular flexibility index (Phi) is 2.64. The molecule has 0 unspecified atom stereocenters. The summed E-state index contributed by atoms with van der Waals surface area (Å²) in [6.45, 7) is 0. The second kappa shape index (κ2) is 4.45. The first kappa shape index (κ1) is 11.3. The number of nitrogens with two attached hydrogens (primary N) is 1. The summed E-state index contributed by atoms with van der Waals surface area (Å²) >= 11 is 0. The number of anilines is 1. The van der Waals surface area contributed by atoms with Crippen molar-refractivity contribution in [2.75, 3.05) is 5.73 Å². The van der Waals surface area contributed by atoms with Crippen LogP contribution in [0.1, 0.15) is 0 Å². The quantitative estimate of drug-likeness (QED) is 0.705. The van der Waals surface area contributed by atoms with Crippen molar-refractivity contribution >= 4 is 5.69 Å². The van der Waals surface area contributed by atoms with Gasteiger partial charge in [-0.15, -0.1) is 0 Å². The Morgan fingerprint density at radius 2 is 2.11 bits per heavy atom. The number of halogens is 1. The Morgan fingerprint density at radius 1 is 1.21 bits per heavy atom. The summed E-state index contributed by atoms with van der Waals surface area (Å²) in [5.74, 6) is -0.202. The van der Waals surface area contributed by atoms with Crippen LogP contribution >= 0.6 is 0 Å². The van der Waals surface area contributed by atoms with E-state index in [0.29, 0.717) is 11.4 Å². The lowest BCUT2D eigenvalue weighted by Crippen LogP contribution is -1.90. The Morgan fingerprint density at radius 3 is 2.84 bits per heavy atom. The molecule has 0 aliphatic heterocycles. The summed E-state index contributed by atoms with van der Waals surface area (Å²) in [6, 6.07) is 4.24. The maximum absolute atomic E-state index is 13.7. The molecule has 0 radical (unpaired) electrons. The topological polar surface area (TPSA) is 90.7 Å². The van der Waals surface area contributed by atoms with Crippen LogP contribution in [0.3, 0.4) is 0 Å². The molecule has 0 aliphatic carbocycles. The predicted molar refractivity (Wildman–Crippen MR) is 65.1 cm³/mol. The van der Waals surface area contributed by atoms with Gasteiger partial charge in [-0.05, 0) is 18.2 Å². The first-order chi connectivity index (χ1) is 9.24. The SMILES string of the molecule is Nc1ccc(-c2nc(-c3cnccn3)no2)c(F)c1. The number of nitrogen functional groups attached to an aromatic ring is 1. The molecule has 0 spiro atoms. The van der Waals surface area contributed by atoms with Crippen molar-refractivity contribution in [1.29, 1.82) is 0 Å². The molecule has 2 N–H and O–H groups in total. The van der Waals surface area contributed by atoms with E-state index in [-0.39, 0.29) is 17.3 Å². The van der Waals surface area contributed by atoms with Crippen LogP contribution in [0.25, 0.3) is 23.0 Å². The molecule has 2 heterocycles. The average Bonchev–Trinajstić information content (AvgIpc) is 2.89. The van der Waals surface area contributed by atoms with E-state index in [1.165, 1.54) is 30.7 Å². The lowest BCUT2D eigenvalue weighted by atomic mass is 10.2. The van der Waals surface area contributed by atoms with Crippen LogP contribution in [0.15, 0.2) is 41.3 Å². The molecule has 1 aromatic carbocycles. The largest absolute Gasteiger partial charge is 0.399 e. The number of benzene rings is 1. The highest BCUT2D eigenvalue weighted by Gasteiger charge is 2.15. The molecular formula is C12H8FN5O. The second-order valence-electron chi connectivity index (χ2n) is 3.75. The fraction of sp³-hybridized carbons (Fsp3) is 0. The molecular weight excluding hydrogens is 249 g/mol. The number of hydrogen-bond acceptors (Lipinski definition) is 6. The van der Waals surface area contributed by atoms with Gasteiger partial charge >= 0.3 is 0 Å². The predicted octanol–water partition coefficient (Wildman–Crippen LogP) is 1.91. The van der Waals surface area contributed by atoms with Gasteiger partial charge in [-0.2, -0.15) is 4.98 Å². The molecule has 3 aromatic rings. The fourth-order valence-electron chi connectivity index (χ4n) is 1.56. The van der Waals surface area contributed by atoms with Gasteiger partial charge in [0.2, 0.25) is 5.82 Å². The first-order valence-electron chi connectivity index (χ1n) is 5.39. The molecule has 0 saturated carbocycles. The van der Waals surface area contributed by atoms with E-state index in [0.717, 1.165) is 0 Å². The number of rotatable bonds is 2. The summed E-state index contributed by atoms with van der Waals surface area (Å²) in [7, 11) is 0. The summed E-state index contributed by atoms with van der Waals surface area (Å²) < 4.78 is 18.7. The maximum atomic E-state index is 13.7. The summed E-state index contributed by atoms with van der Waals surface area (Å²) in [4.78, 5) is 12.0. The van der Waals surface area contributed by atoms with E-state index >= 15 is 0 Å². The monoisotopic (exact) mass is 257 g/mol. The molecule has 6 nitrogen and oxygen atoms in total. The van der Waals surface area contributed by atoms with Crippen LogP contribution in [0, 0.1) is 5.82 Å². The molecule has 0 aliphatic rings. The van der Waals surface area contributed by atoms with Gasteiger partial charge in [-0.25, -0.2) is 9.37 Å². The van der Waals surface area contributed by atoms with Gasteiger partial charge in [0, 0.05) is 18.1 Å². The Balaban J connectivity index is 2.02. The van der Waals surface area contributed by atoms with E-state index in [4.69, 9.17) is 10.3 Å². The van der Waals surface area contributed by atoms with E-state index in [1.54, 1.807) is 6.07 Å². The minimum Gasteiger partial charge on any atom is -0.399 e. The lowest BCUT2D eigenvalue weighted by molar-refractivity contribution is 0.429. The standard InChI is InChI=1S/C12H8FN5O/c13-9-5-7(14)1-2-8(9)12-17-11(18-19-12)10-6-15-3-4-16-10/h1-6H,14H2. The molecule has 0 fully saturated rings. The van der Waals surface area contributed by atoms with Crippen LogP contribution in [0.4, 0.5) is 10.1 Å². The minimum absolute atomic E-state index is 0.0677. The molecule has 2 aromatic heterocycles. The van der Waals surface area contributed by atoms with Crippen LogP contribution < -0.4 is 5.73 Å². The Bertz CT molecular complexity index is 713. The Hall–Kier alpha value is -2.83. The van der Waals surface area contributed by atoms with Gasteiger partial charge in [0.15, 0.2) is 0 Å². The van der Waals surface area contributed by atoms with E-state index in [2.05, 4.69) is 20.1 Å². The van der Waals surface area contributed by atoms with E-state index in [1.807, 2.05) is 0 Å².